The lowest BCUT2D eigenvalue weighted by Crippen LogP contribution is -2.37. The summed E-state index contributed by atoms with van der Waals surface area (Å²) in [7, 11) is 0. The van der Waals surface area contributed by atoms with E-state index in [9.17, 15) is 5.11 Å². The van der Waals surface area contributed by atoms with Gasteiger partial charge in [0, 0.05) is 12.0 Å². The maximum atomic E-state index is 9.36. The first kappa shape index (κ1) is 16.2. The van der Waals surface area contributed by atoms with E-state index in [1.54, 1.807) is 0 Å². The molecule has 0 heterocycles. The summed E-state index contributed by atoms with van der Waals surface area (Å²) < 4.78 is 0. The van der Waals surface area contributed by atoms with Gasteiger partial charge in [0.05, 0.1) is 0 Å². The molecule has 19 heavy (non-hydrogen) atoms. The van der Waals surface area contributed by atoms with Crippen molar-refractivity contribution in [2.24, 2.45) is 28.1 Å². The van der Waals surface area contributed by atoms with Gasteiger partial charge in [-0.2, -0.15) is 0 Å². The largest absolute Gasteiger partial charge is 0.409 e. The van der Waals surface area contributed by atoms with Gasteiger partial charge in [-0.15, -0.1) is 0 Å². The molecule has 5 nitrogen and oxygen atoms in total. The van der Waals surface area contributed by atoms with Crippen LogP contribution in [0.4, 0.5) is 0 Å². The fourth-order valence-electron chi connectivity index (χ4n) is 2.75. The maximum Gasteiger partial charge on any atom is 0.144 e. The van der Waals surface area contributed by atoms with Gasteiger partial charge in [0.1, 0.15) is 5.84 Å². The molecule has 0 amide bonds. The molecular weight excluding hydrogens is 242 g/mol. The van der Waals surface area contributed by atoms with Crippen LogP contribution in [0.2, 0.25) is 0 Å². The van der Waals surface area contributed by atoms with E-state index < -0.39 is 0 Å². The maximum absolute atomic E-state index is 9.36. The summed E-state index contributed by atoms with van der Waals surface area (Å²) in [5.74, 6) is 1.32. The lowest BCUT2D eigenvalue weighted by Gasteiger charge is -2.31. The van der Waals surface area contributed by atoms with E-state index in [-0.39, 0.29) is 11.3 Å². The van der Waals surface area contributed by atoms with Gasteiger partial charge in [-0.25, -0.2) is 0 Å². The van der Waals surface area contributed by atoms with Gasteiger partial charge in [0.25, 0.3) is 0 Å². The molecule has 0 spiro atoms. The zero-order valence-corrected chi connectivity index (χ0v) is 12.2. The molecule has 1 saturated carbocycles. The van der Waals surface area contributed by atoms with E-state index in [4.69, 9.17) is 10.9 Å². The number of oxime groups is 1. The van der Waals surface area contributed by atoms with Gasteiger partial charge in [0.2, 0.25) is 0 Å². The second-order valence-electron chi connectivity index (χ2n) is 6.31. The number of rotatable bonds is 7. The topological polar surface area (TPSA) is 90.9 Å². The van der Waals surface area contributed by atoms with Crippen molar-refractivity contribution >= 4 is 5.84 Å². The van der Waals surface area contributed by atoms with Crippen LogP contribution in [0.25, 0.3) is 0 Å². The van der Waals surface area contributed by atoms with Crippen molar-refractivity contribution < 1.29 is 10.3 Å². The lowest BCUT2D eigenvalue weighted by molar-refractivity contribution is 0.133. The molecule has 2 unspecified atom stereocenters. The molecule has 0 radical (unpaired) electrons. The average molecular weight is 271 g/mol. The third-order valence-electron chi connectivity index (χ3n) is 4.44. The normalized spacial score (nSPS) is 25.5. The fraction of sp³-hybridized carbons (Fsp3) is 0.929. The van der Waals surface area contributed by atoms with Crippen molar-refractivity contribution in [2.45, 2.75) is 46.0 Å². The number of aliphatic hydroxyl groups excluding tert-OH is 1. The molecule has 5 N–H and O–H groups in total. The molecule has 5 heteroatoms. The highest BCUT2D eigenvalue weighted by molar-refractivity contribution is 5.85. The highest BCUT2D eigenvalue weighted by Crippen LogP contribution is 2.29. The van der Waals surface area contributed by atoms with E-state index in [2.05, 4.69) is 10.5 Å². The highest BCUT2D eigenvalue weighted by Gasteiger charge is 2.25. The Labute approximate surface area is 116 Å². The molecule has 0 aliphatic heterocycles. The zero-order chi connectivity index (χ0) is 14.3. The minimum atomic E-state index is -0.287. The molecule has 0 aromatic carbocycles. The van der Waals surface area contributed by atoms with Gasteiger partial charge in [-0.3, -0.25) is 0 Å². The van der Waals surface area contributed by atoms with Gasteiger partial charge in [-0.05, 0) is 44.2 Å². The van der Waals surface area contributed by atoms with Crippen LogP contribution < -0.4 is 11.1 Å². The van der Waals surface area contributed by atoms with Crippen molar-refractivity contribution in [3.8, 4) is 0 Å². The zero-order valence-electron chi connectivity index (χ0n) is 12.2. The summed E-state index contributed by atoms with van der Waals surface area (Å²) in [6.07, 6.45) is 5.72. The van der Waals surface area contributed by atoms with E-state index in [0.29, 0.717) is 18.4 Å². The van der Waals surface area contributed by atoms with E-state index >= 15 is 0 Å². The predicted octanol–water partition coefficient (Wildman–Crippen LogP) is 1.54. The Morgan fingerprint density at radius 2 is 1.95 bits per heavy atom. The number of nitrogens with two attached hydrogens (primary N) is 1. The van der Waals surface area contributed by atoms with Crippen LogP contribution in [0.5, 0.6) is 0 Å². The van der Waals surface area contributed by atoms with Crippen LogP contribution in [0, 0.1) is 17.3 Å². The van der Waals surface area contributed by atoms with Crippen molar-refractivity contribution in [2.75, 3.05) is 19.7 Å². The second-order valence-corrected chi connectivity index (χ2v) is 6.31. The first-order valence-corrected chi connectivity index (χ1v) is 7.31. The Bertz CT molecular complexity index is 292. The minimum absolute atomic E-state index is 0.278. The Balaban J connectivity index is 2.26. The fourth-order valence-corrected chi connectivity index (χ4v) is 2.75. The number of hydrogen-bond donors (Lipinski definition) is 4. The molecule has 2 atom stereocenters. The minimum Gasteiger partial charge on any atom is -0.409 e. The molecular formula is C14H29N3O2. The monoisotopic (exact) mass is 271 g/mol. The summed E-state index contributed by atoms with van der Waals surface area (Å²) in [6.45, 7) is 6.05. The molecule has 1 aliphatic carbocycles. The van der Waals surface area contributed by atoms with Crippen LogP contribution in [0.15, 0.2) is 5.16 Å². The summed E-state index contributed by atoms with van der Waals surface area (Å²) in [5.41, 5.74) is 5.37. The second kappa shape index (κ2) is 7.70. The summed E-state index contributed by atoms with van der Waals surface area (Å²) >= 11 is 0. The van der Waals surface area contributed by atoms with Crippen molar-refractivity contribution in [1.29, 1.82) is 0 Å². The van der Waals surface area contributed by atoms with Crippen LogP contribution in [-0.2, 0) is 0 Å². The number of nitrogens with one attached hydrogen (secondary N) is 1. The third kappa shape index (κ3) is 4.99. The van der Waals surface area contributed by atoms with Gasteiger partial charge in [-0.1, -0.05) is 31.8 Å². The van der Waals surface area contributed by atoms with Gasteiger partial charge in [0.15, 0.2) is 0 Å². The molecule has 0 bridgehead atoms. The van der Waals surface area contributed by atoms with E-state index in [1.807, 2.05) is 13.8 Å². The summed E-state index contributed by atoms with van der Waals surface area (Å²) in [5, 5.41) is 24.6. The van der Waals surface area contributed by atoms with Crippen LogP contribution in [0.3, 0.4) is 0 Å². The Hall–Kier alpha value is -0.810. The smallest absolute Gasteiger partial charge is 0.144 e. The molecule has 0 saturated heterocycles. The molecule has 0 aromatic rings. The first-order valence-electron chi connectivity index (χ1n) is 7.31. The Morgan fingerprint density at radius 3 is 2.53 bits per heavy atom. The molecule has 0 aromatic heterocycles. The standard InChI is InChI=1S/C14H29N3O2/c1-14(2,13(15)17-19)7-8-16-9-11-5-3-4-6-12(11)10-18/h11-12,16,18-19H,3-10H2,1-2H3,(H2,15,17). The summed E-state index contributed by atoms with van der Waals surface area (Å²) in [6, 6.07) is 0. The SMILES string of the molecule is CC(C)(CCNCC1CCCCC1CO)C(N)=NO. The number of nitrogens with zero attached hydrogens (tertiary/aromatic N) is 1. The number of hydrogen-bond acceptors (Lipinski definition) is 4. The highest BCUT2D eigenvalue weighted by atomic mass is 16.4. The van der Waals surface area contributed by atoms with Gasteiger partial charge < -0.3 is 21.4 Å². The van der Waals surface area contributed by atoms with Crippen molar-refractivity contribution in [1.82, 2.24) is 5.32 Å². The molecule has 1 fully saturated rings. The quantitative estimate of drug-likeness (QED) is 0.186. The van der Waals surface area contributed by atoms with Crippen molar-refractivity contribution in [3.63, 3.8) is 0 Å². The van der Waals surface area contributed by atoms with Crippen LogP contribution in [0.1, 0.15) is 46.0 Å². The van der Waals surface area contributed by atoms with Crippen LogP contribution in [-0.4, -0.2) is 35.8 Å². The van der Waals surface area contributed by atoms with E-state index in [1.165, 1.54) is 19.3 Å². The third-order valence-corrected chi connectivity index (χ3v) is 4.44. The average Bonchev–Trinajstić information content (AvgIpc) is 2.43. The summed E-state index contributed by atoms with van der Waals surface area (Å²) in [4.78, 5) is 0. The molecule has 1 rings (SSSR count). The number of amidine groups is 1. The predicted molar refractivity (Wildman–Crippen MR) is 77.2 cm³/mol. The number of aliphatic hydroxyl groups is 1. The molecule has 1 aliphatic rings. The Morgan fingerprint density at radius 1 is 1.32 bits per heavy atom. The lowest BCUT2D eigenvalue weighted by atomic mass is 9.79. The van der Waals surface area contributed by atoms with Crippen molar-refractivity contribution in [3.05, 3.63) is 0 Å². The Kier molecular flexibility index (Phi) is 6.58. The van der Waals surface area contributed by atoms with Crippen LogP contribution >= 0.6 is 0 Å². The first-order chi connectivity index (χ1) is 9.01. The van der Waals surface area contributed by atoms with E-state index in [0.717, 1.165) is 25.9 Å². The van der Waals surface area contributed by atoms with Gasteiger partial charge >= 0.3 is 0 Å². The molecule has 112 valence electrons.